The average Bonchev–Trinajstić information content (AvgIpc) is 3.14. The molecule has 7 heteroatoms. The third-order valence-corrected chi connectivity index (χ3v) is 10.1. The van der Waals surface area contributed by atoms with Gasteiger partial charge in [0.25, 0.3) is 0 Å². The van der Waals surface area contributed by atoms with Gasteiger partial charge in [-0.3, -0.25) is 14.5 Å². The van der Waals surface area contributed by atoms with Gasteiger partial charge in [0, 0.05) is 51.2 Å². The maximum Gasteiger partial charge on any atom is 0.161 e. The first-order valence-corrected chi connectivity index (χ1v) is 19.0. The lowest BCUT2D eigenvalue weighted by Gasteiger charge is -2.26. The molecule has 1 heterocycles. The fourth-order valence-electron chi connectivity index (χ4n) is 5.36. The van der Waals surface area contributed by atoms with Crippen LogP contribution in [0.3, 0.4) is 0 Å². The van der Waals surface area contributed by atoms with Crippen molar-refractivity contribution in [1.29, 1.82) is 0 Å². The Morgan fingerprint density at radius 2 is 1.57 bits per heavy atom. The Labute approximate surface area is 301 Å². The summed E-state index contributed by atoms with van der Waals surface area (Å²) in [4.78, 5) is 31.2. The normalized spacial score (nSPS) is 14.9. The standard InChI is InChI=1S/C30H35NOS.C9H18N2O.C2H6.CH4O/c1-7-20(4)21(5)30(33-29(9-3)24-16-14-23(8-2)15-17-24)31-28-19-26-13-11-10-12-25(26)18-27(28)22(6)32;1-2-3-9(12)8-11-6-4-10-5-7-11;2*1-2/h9-21,29H,3,7-8H2,1-2,4-6H3;10H,2-8H2,1H3;1-2H3;2H,1H3. The third-order valence-electron chi connectivity index (χ3n) is 8.68. The lowest BCUT2D eigenvalue weighted by molar-refractivity contribution is -0.120. The second-order valence-corrected chi connectivity index (χ2v) is 13.2. The molecule has 3 aromatic carbocycles. The maximum atomic E-state index is 12.5. The first-order chi connectivity index (χ1) is 23.7. The molecule has 1 fully saturated rings. The number of nitrogens with one attached hydrogen (secondary N) is 1. The molecule has 0 bridgehead atoms. The molecule has 1 aliphatic heterocycles. The van der Waals surface area contributed by atoms with Crippen LogP contribution in [0, 0.1) is 11.8 Å². The van der Waals surface area contributed by atoms with Crippen molar-refractivity contribution in [1.82, 2.24) is 10.2 Å². The predicted molar refractivity (Wildman–Crippen MR) is 215 cm³/mol. The van der Waals surface area contributed by atoms with Crippen molar-refractivity contribution in [3.05, 3.63) is 90.0 Å². The summed E-state index contributed by atoms with van der Waals surface area (Å²) < 4.78 is 0. The Bertz CT molecular complexity index is 1430. The number of hydrogen-bond donors (Lipinski definition) is 2. The second kappa shape index (κ2) is 24.9. The molecule has 0 aliphatic carbocycles. The molecule has 1 saturated heterocycles. The van der Waals surface area contributed by atoms with Gasteiger partial charge in [0.2, 0.25) is 0 Å². The summed E-state index contributed by atoms with van der Waals surface area (Å²) >= 11 is 1.75. The molecule has 3 atom stereocenters. The average molecular weight is 690 g/mol. The van der Waals surface area contributed by atoms with Crippen LogP contribution in [-0.4, -0.2) is 66.5 Å². The van der Waals surface area contributed by atoms with Gasteiger partial charge in [0.05, 0.1) is 22.5 Å². The first-order valence-electron chi connectivity index (χ1n) is 18.1. The quantitative estimate of drug-likeness (QED) is 0.0805. The molecule has 3 aromatic rings. The monoisotopic (exact) mass is 689 g/mol. The minimum absolute atomic E-state index is 0.0375. The van der Waals surface area contributed by atoms with E-state index in [1.807, 2.05) is 44.2 Å². The molecule has 4 rings (SSSR count). The van der Waals surface area contributed by atoms with Gasteiger partial charge in [0.1, 0.15) is 5.78 Å². The van der Waals surface area contributed by atoms with E-state index in [2.05, 4.69) is 87.8 Å². The van der Waals surface area contributed by atoms with Crippen LogP contribution in [0.1, 0.15) is 101 Å². The Kier molecular flexibility index (Phi) is 22.4. The van der Waals surface area contributed by atoms with Crippen molar-refractivity contribution in [2.75, 3.05) is 39.8 Å². The highest BCUT2D eigenvalue weighted by molar-refractivity contribution is 8.14. The Morgan fingerprint density at radius 3 is 2.08 bits per heavy atom. The second-order valence-electron chi connectivity index (χ2n) is 12.1. The Morgan fingerprint density at radius 1 is 0.980 bits per heavy atom. The molecule has 1 aliphatic rings. The van der Waals surface area contributed by atoms with Crippen LogP contribution < -0.4 is 5.32 Å². The summed E-state index contributed by atoms with van der Waals surface area (Å²) in [6.07, 6.45) is 5.81. The van der Waals surface area contributed by atoms with Gasteiger partial charge in [0.15, 0.2) is 5.78 Å². The zero-order valence-corrected chi connectivity index (χ0v) is 32.5. The molecule has 49 heavy (non-hydrogen) atoms. The largest absolute Gasteiger partial charge is 0.400 e. The number of Topliss-reactive ketones (excluding diaryl/α,β-unsaturated/α-hetero) is 2. The number of fused-ring (bicyclic) bond motifs is 1. The zero-order valence-electron chi connectivity index (χ0n) is 31.7. The van der Waals surface area contributed by atoms with E-state index in [4.69, 9.17) is 10.1 Å². The number of carbonyl (C=O) groups excluding carboxylic acids is 2. The number of ketones is 2. The van der Waals surface area contributed by atoms with E-state index in [-0.39, 0.29) is 17.0 Å². The fourth-order valence-corrected chi connectivity index (χ4v) is 6.60. The highest BCUT2D eigenvalue weighted by Gasteiger charge is 2.23. The summed E-state index contributed by atoms with van der Waals surface area (Å²) in [5, 5.41) is 13.6. The molecule has 0 spiro atoms. The van der Waals surface area contributed by atoms with E-state index in [1.54, 1.807) is 18.7 Å². The highest BCUT2D eigenvalue weighted by atomic mass is 32.2. The van der Waals surface area contributed by atoms with Crippen LogP contribution in [0.15, 0.2) is 78.3 Å². The number of aliphatic imine (C=N–C) groups is 1. The van der Waals surface area contributed by atoms with E-state index in [0.717, 1.165) is 80.5 Å². The van der Waals surface area contributed by atoms with Crippen LogP contribution in [0.4, 0.5) is 5.69 Å². The first kappa shape index (κ1) is 43.9. The van der Waals surface area contributed by atoms with Gasteiger partial charge >= 0.3 is 0 Å². The van der Waals surface area contributed by atoms with Gasteiger partial charge in [-0.2, -0.15) is 0 Å². The van der Waals surface area contributed by atoms with Gasteiger partial charge in [-0.25, -0.2) is 4.99 Å². The molecule has 270 valence electrons. The van der Waals surface area contributed by atoms with Crippen molar-refractivity contribution in [3.8, 4) is 0 Å². The summed E-state index contributed by atoms with van der Waals surface area (Å²) in [5.74, 6) is 1.17. The van der Waals surface area contributed by atoms with Crippen LogP contribution in [0.5, 0.6) is 0 Å². The Hall–Kier alpha value is -3.10. The summed E-state index contributed by atoms with van der Waals surface area (Å²) in [5.41, 5.74) is 3.98. The number of aryl methyl sites for hydroxylation is 1. The van der Waals surface area contributed by atoms with E-state index >= 15 is 0 Å². The van der Waals surface area contributed by atoms with Crippen LogP contribution >= 0.6 is 11.8 Å². The number of benzene rings is 3. The van der Waals surface area contributed by atoms with Crippen LogP contribution in [0.25, 0.3) is 10.8 Å². The molecular weight excluding hydrogens is 627 g/mol. The number of hydrogen-bond acceptors (Lipinski definition) is 7. The van der Waals surface area contributed by atoms with Crippen molar-refractivity contribution >= 4 is 44.8 Å². The van der Waals surface area contributed by atoms with Crippen molar-refractivity contribution in [2.24, 2.45) is 16.8 Å². The molecular formula is C42H63N3O3S. The number of nitrogens with zero attached hydrogens (tertiary/aromatic N) is 2. The molecule has 0 saturated carbocycles. The summed E-state index contributed by atoms with van der Waals surface area (Å²) in [7, 11) is 1.00. The minimum Gasteiger partial charge on any atom is -0.400 e. The van der Waals surface area contributed by atoms with Crippen molar-refractivity contribution < 1.29 is 14.7 Å². The summed E-state index contributed by atoms with van der Waals surface area (Å²) in [6, 6.07) is 20.9. The SMILES string of the molecule is C=CC(SC(=Nc1cc2ccccc2cc1C(C)=O)C(C)C(C)CC)c1ccc(CC)cc1.CC.CCCC(=O)CN1CCNCC1.CO. The van der Waals surface area contributed by atoms with E-state index < -0.39 is 0 Å². The number of aliphatic hydroxyl groups excluding tert-OH is 1. The lowest BCUT2D eigenvalue weighted by atomic mass is 9.94. The van der Waals surface area contributed by atoms with Gasteiger partial charge in [-0.1, -0.05) is 121 Å². The van der Waals surface area contributed by atoms with E-state index in [9.17, 15) is 9.59 Å². The molecule has 2 N–H and O–H groups in total. The molecule has 0 radical (unpaired) electrons. The predicted octanol–water partition coefficient (Wildman–Crippen LogP) is 9.87. The number of piperazine rings is 1. The number of rotatable bonds is 13. The van der Waals surface area contributed by atoms with Crippen LogP contribution in [-0.2, 0) is 11.2 Å². The van der Waals surface area contributed by atoms with Crippen molar-refractivity contribution in [2.45, 2.75) is 86.3 Å². The van der Waals surface area contributed by atoms with Gasteiger partial charge < -0.3 is 10.4 Å². The number of aliphatic hydroxyl groups is 1. The smallest absolute Gasteiger partial charge is 0.161 e. The molecule has 3 unspecified atom stereocenters. The zero-order chi connectivity index (χ0) is 36.8. The number of thioether (sulfide) groups is 1. The van der Waals surface area contributed by atoms with E-state index in [0.29, 0.717) is 23.8 Å². The fraction of sp³-hybridized carbons (Fsp3) is 0.500. The maximum absolute atomic E-state index is 12.5. The molecule has 0 aromatic heterocycles. The lowest BCUT2D eigenvalue weighted by Crippen LogP contribution is -2.45. The molecule has 6 nitrogen and oxygen atoms in total. The van der Waals surface area contributed by atoms with Crippen molar-refractivity contribution in [3.63, 3.8) is 0 Å². The molecule has 0 amide bonds. The topological polar surface area (TPSA) is 82.0 Å². The number of carbonyl (C=O) groups is 2. The minimum atomic E-state index is 0.0375. The summed E-state index contributed by atoms with van der Waals surface area (Å²) in [6.45, 7) is 25.5. The Balaban J connectivity index is 0.000000626. The van der Waals surface area contributed by atoms with Crippen LogP contribution in [0.2, 0.25) is 0 Å². The highest BCUT2D eigenvalue weighted by Crippen LogP contribution is 2.38. The van der Waals surface area contributed by atoms with Gasteiger partial charge in [-0.05, 0) is 59.7 Å². The van der Waals surface area contributed by atoms with Gasteiger partial charge in [-0.15, -0.1) is 6.58 Å². The van der Waals surface area contributed by atoms with E-state index in [1.165, 1.54) is 11.1 Å². The third kappa shape index (κ3) is 14.7.